The number of halogens is 1. The van der Waals surface area contributed by atoms with E-state index in [0.29, 0.717) is 16.3 Å². The quantitative estimate of drug-likeness (QED) is 0.723. The summed E-state index contributed by atoms with van der Waals surface area (Å²) in [6.07, 6.45) is -2.86. The Balaban J connectivity index is 2.94. The van der Waals surface area contributed by atoms with Crippen LogP contribution in [0.5, 0.6) is 5.75 Å². The monoisotopic (exact) mass is 259 g/mol. The van der Waals surface area contributed by atoms with E-state index in [1.54, 1.807) is 6.07 Å². The Morgan fingerprint density at radius 3 is 2.71 bits per heavy atom. The van der Waals surface area contributed by atoms with Gasteiger partial charge in [-0.1, -0.05) is 17.7 Å². The van der Waals surface area contributed by atoms with E-state index in [1.807, 2.05) is 0 Å². The van der Waals surface area contributed by atoms with Crippen molar-refractivity contribution in [2.75, 3.05) is 7.11 Å². The molecule has 0 fully saturated rings. The van der Waals surface area contributed by atoms with E-state index in [4.69, 9.17) is 22.1 Å². The van der Waals surface area contributed by atoms with Crippen LogP contribution in [0.15, 0.2) is 18.2 Å². The summed E-state index contributed by atoms with van der Waals surface area (Å²) < 4.78 is 5.03. The van der Waals surface area contributed by atoms with E-state index in [9.17, 15) is 15.0 Å². The second kappa shape index (κ2) is 5.86. The van der Waals surface area contributed by atoms with Gasteiger partial charge >= 0.3 is 0 Å². The molecule has 1 amide bonds. The lowest BCUT2D eigenvalue weighted by molar-refractivity contribution is -0.121. The molecule has 2 unspecified atom stereocenters. The lowest BCUT2D eigenvalue weighted by Gasteiger charge is -2.19. The van der Waals surface area contributed by atoms with Gasteiger partial charge in [0.15, 0.2) is 0 Å². The maximum atomic E-state index is 10.7. The Labute approximate surface area is 104 Å². The molecule has 6 heteroatoms. The molecule has 4 N–H and O–H groups in total. The third-order valence-corrected chi connectivity index (χ3v) is 2.52. The highest BCUT2D eigenvalue weighted by Crippen LogP contribution is 2.30. The van der Waals surface area contributed by atoms with Gasteiger partial charge in [-0.3, -0.25) is 4.79 Å². The number of carbonyl (C=O) groups excluding carboxylic acids is 1. The van der Waals surface area contributed by atoms with E-state index in [0.717, 1.165) is 0 Å². The van der Waals surface area contributed by atoms with Crippen molar-refractivity contribution in [3.05, 3.63) is 28.8 Å². The average molecular weight is 260 g/mol. The van der Waals surface area contributed by atoms with Gasteiger partial charge in [0.1, 0.15) is 11.9 Å². The summed E-state index contributed by atoms with van der Waals surface area (Å²) in [5.74, 6) is -0.349. The van der Waals surface area contributed by atoms with Crippen molar-refractivity contribution in [1.29, 1.82) is 0 Å². The first-order valence-corrected chi connectivity index (χ1v) is 5.31. The number of amides is 1. The fourth-order valence-electron chi connectivity index (χ4n) is 1.45. The highest BCUT2D eigenvalue weighted by atomic mass is 35.5. The zero-order valence-electron chi connectivity index (χ0n) is 9.26. The number of hydrogen-bond acceptors (Lipinski definition) is 4. The highest BCUT2D eigenvalue weighted by Gasteiger charge is 2.23. The topological polar surface area (TPSA) is 92.8 Å². The fourth-order valence-corrected chi connectivity index (χ4v) is 1.62. The number of carbonyl (C=O) groups is 1. The molecule has 1 rings (SSSR count). The highest BCUT2D eigenvalue weighted by molar-refractivity contribution is 6.30. The van der Waals surface area contributed by atoms with Crippen LogP contribution in [0.2, 0.25) is 5.02 Å². The minimum absolute atomic E-state index is 0.326. The number of nitrogens with two attached hydrogens (primary N) is 1. The molecule has 0 aliphatic heterocycles. The number of hydrogen-bond donors (Lipinski definition) is 3. The summed E-state index contributed by atoms with van der Waals surface area (Å²) >= 11 is 5.77. The molecule has 0 radical (unpaired) electrons. The van der Waals surface area contributed by atoms with Gasteiger partial charge in [0.05, 0.1) is 19.6 Å². The standard InChI is InChI=1S/C11H14ClNO4/c1-17-9-4-6(12)2-3-7(9)11(16)8(14)5-10(13)15/h2-4,8,11,14,16H,5H2,1H3,(H2,13,15). The Kier molecular flexibility index (Phi) is 4.74. The van der Waals surface area contributed by atoms with Crippen LogP contribution in [0, 0.1) is 0 Å². The molecule has 94 valence electrons. The largest absolute Gasteiger partial charge is 0.496 e. The van der Waals surface area contributed by atoms with Crippen LogP contribution in [-0.2, 0) is 4.79 Å². The van der Waals surface area contributed by atoms with Gasteiger partial charge in [0.2, 0.25) is 5.91 Å². The number of ether oxygens (including phenoxy) is 1. The lowest BCUT2D eigenvalue weighted by atomic mass is 10.0. The maximum Gasteiger partial charge on any atom is 0.220 e. The number of primary amides is 1. The van der Waals surface area contributed by atoms with Crippen molar-refractivity contribution < 1.29 is 19.7 Å². The number of aliphatic hydroxyl groups is 2. The van der Waals surface area contributed by atoms with Gasteiger partial charge in [-0.25, -0.2) is 0 Å². The molecule has 0 heterocycles. The molecule has 0 aliphatic carbocycles. The van der Waals surface area contributed by atoms with Crippen LogP contribution in [0.25, 0.3) is 0 Å². The predicted molar refractivity (Wildman–Crippen MR) is 62.8 cm³/mol. The first-order chi connectivity index (χ1) is 7.95. The zero-order chi connectivity index (χ0) is 13.0. The molecular weight excluding hydrogens is 246 g/mol. The normalized spacial score (nSPS) is 14.1. The van der Waals surface area contributed by atoms with Crippen molar-refractivity contribution in [3.8, 4) is 5.75 Å². The molecular formula is C11H14ClNO4. The molecule has 0 bridgehead atoms. The second-order valence-electron chi connectivity index (χ2n) is 3.57. The minimum atomic E-state index is -1.28. The molecule has 1 aromatic carbocycles. The van der Waals surface area contributed by atoms with Crippen LogP contribution in [0.4, 0.5) is 0 Å². The zero-order valence-corrected chi connectivity index (χ0v) is 10.0. The first-order valence-electron chi connectivity index (χ1n) is 4.93. The van der Waals surface area contributed by atoms with Gasteiger partial charge in [0, 0.05) is 10.6 Å². The van der Waals surface area contributed by atoms with Crippen molar-refractivity contribution in [2.24, 2.45) is 5.73 Å². The molecule has 2 atom stereocenters. The van der Waals surface area contributed by atoms with Crippen molar-refractivity contribution in [1.82, 2.24) is 0 Å². The van der Waals surface area contributed by atoms with E-state index < -0.39 is 18.1 Å². The van der Waals surface area contributed by atoms with E-state index in [2.05, 4.69) is 0 Å². The SMILES string of the molecule is COc1cc(Cl)ccc1C(O)C(O)CC(N)=O. The van der Waals surface area contributed by atoms with E-state index >= 15 is 0 Å². The number of benzene rings is 1. The Morgan fingerprint density at radius 1 is 1.53 bits per heavy atom. The fraction of sp³-hybridized carbons (Fsp3) is 0.364. The average Bonchev–Trinajstić information content (AvgIpc) is 2.27. The Hall–Kier alpha value is -1.30. The van der Waals surface area contributed by atoms with Crippen molar-refractivity contribution in [2.45, 2.75) is 18.6 Å². The van der Waals surface area contributed by atoms with Gasteiger partial charge in [-0.05, 0) is 12.1 Å². The van der Waals surface area contributed by atoms with Gasteiger partial charge in [0.25, 0.3) is 0 Å². The van der Waals surface area contributed by atoms with E-state index in [1.165, 1.54) is 19.2 Å². The summed E-state index contributed by atoms with van der Waals surface area (Å²) in [5.41, 5.74) is 5.29. The summed E-state index contributed by atoms with van der Waals surface area (Å²) in [6.45, 7) is 0. The van der Waals surface area contributed by atoms with Gasteiger partial charge in [-0.2, -0.15) is 0 Å². The number of rotatable bonds is 5. The summed E-state index contributed by atoms with van der Waals surface area (Å²) in [7, 11) is 1.42. The van der Waals surface area contributed by atoms with Crippen LogP contribution in [-0.4, -0.2) is 29.3 Å². The second-order valence-corrected chi connectivity index (χ2v) is 4.01. The lowest BCUT2D eigenvalue weighted by Crippen LogP contribution is -2.25. The van der Waals surface area contributed by atoms with Crippen LogP contribution in [0.1, 0.15) is 18.1 Å². The van der Waals surface area contributed by atoms with Gasteiger partial charge in [-0.15, -0.1) is 0 Å². The Bertz CT molecular complexity index is 410. The first kappa shape index (κ1) is 13.8. The summed E-state index contributed by atoms with van der Waals surface area (Å²) in [6, 6.07) is 4.59. The summed E-state index contributed by atoms with van der Waals surface area (Å²) in [5, 5.41) is 19.9. The third-order valence-electron chi connectivity index (χ3n) is 2.29. The summed E-state index contributed by atoms with van der Waals surface area (Å²) in [4.78, 5) is 10.7. The Morgan fingerprint density at radius 2 is 2.18 bits per heavy atom. The van der Waals surface area contributed by atoms with Crippen LogP contribution >= 0.6 is 11.6 Å². The molecule has 17 heavy (non-hydrogen) atoms. The molecule has 1 aromatic rings. The number of aliphatic hydroxyl groups excluding tert-OH is 2. The third kappa shape index (κ3) is 3.59. The molecule has 0 spiro atoms. The van der Waals surface area contributed by atoms with Gasteiger partial charge < -0.3 is 20.7 Å². The van der Waals surface area contributed by atoms with Crippen molar-refractivity contribution >= 4 is 17.5 Å². The number of methoxy groups -OCH3 is 1. The molecule has 0 saturated heterocycles. The predicted octanol–water partition coefficient (Wildman–Crippen LogP) is 0.618. The molecule has 0 aromatic heterocycles. The minimum Gasteiger partial charge on any atom is -0.496 e. The van der Waals surface area contributed by atoms with Crippen LogP contribution < -0.4 is 10.5 Å². The van der Waals surface area contributed by atoms with E-state index in [-0.39, 0.29) is 6.42 Å². The van der Waals surface area contributed by atoms with Crippen molar-refractivity contribution in [3.63, 3.8) is 0 Å². The smallest absolute Gasteiger partial charge is 0.220 e. The molecule has 5 nitrogen and oxygen atoms in total. The molecule has 0 aliphatic rings. The molecule has 0 saturated carbocycles. The maximum absolute atomic E-state index is 10.7. The van der Waals surface area contributed by atoms with Crippen LogP contribution in [0.3, 0.4) is 0 Å².